The Balaban J connectivity index is 2.46. The highest BCUT2D eigenvalue weighted by Gasteiger charge is 2.10. The van der Waals surface area contributed by atoms with Gasteiger partial charge in [-0.05, 0) is 13.0 Å². The Morgan fingerprint density at radius 3 is 2.88 bits per heavy atom. The molecule has 0 aromatic carbocycles. The van der Waals surface area contributed by atoms with E-state index >= 15 is 0 Å². The summed E-state index contributed by atoms with van der Waals surface area (Å²) in [5.74, 6) is 0.00282. The molecule has 6 heteroatoms. The zero-order valence-electron chi connectivity index (χ0n) is 9.51. The van der Waals surface area contributed by atoms with Gasteiger partial charge >= 0.3 is 0 Å². The summed E-state index contributed by atoms with van der Waals surface area (Å²) in [4.78, 5) is 13.8. The van der Waals surface area contributed by atoms with E-state index < -0.39 is 0 Å². The van der Waals surface area contributed by atoms with Crippen LogP contribution < -0.4 is 5.73 Å². The molecule has 0 aliphatic carbocycles. The van der Waals surface area contributed by atoms with Crippen LogP contribution in [0.3, 0.4) is 0 Å². The second-order valence-electron chi connectivity index (χ2n) is 3.66. The molecule has 0 unspecified atom stereocenters. The smallest absolute Gasteiger partial charge is 0.244 e. The number of rotatable bonds is 5. The molecule has 1 amide bonds. The molecule has 0 saturated carbocycles. The third-order valence-corrected chi connectivity index (χ3v) is 2.54. The molecule has 0 aliphatic rings. The lowest BCUT2D eigenvalue weighted by atomic mass is 10.4. The van der Waals surface area contributed by atoms with Crippen molar-refractivity contribution in [3.05, 3.63) is 18.0 Å². The molecule has 16 heavy (non-hydrogen) atoms. The molecular weight excluding hydrogens is 224 g/mol. The maximum Gasteiger partial charge on any atom is 0.244 e. The number of hydrogen-bond donors (Lipinski definition) is 1. The molecule has 0 saturated heterocycles. The Bertz CT molecular complexity index is 388. The van der Waals surface area contributed by atoms with E-state index in [1.54, 1.807) is 22.8 Å². The van der Waals surface area contributed by atoms with Crippen molar-refractivity contribution in [2.75, 3.05) is 13.6 Å². The number of likely N-dealkylation sites (N-methyl/N-ethyl adjacent to an activating group) is 1. The minimum Gasteiger partial charge on any atom is -0.393 e. The summed E-state index contributed by atoms with van der Waals surface area (Å²) in [6.07, 6.45) is 2.23. The minimum absolute atomic E-state index is 0.00282. The number of hydrogen-bond acceptors (Lipinski definition) is 3. The van der Waals surface area contributed by atoms with Gasteiger partial charge in [0, 0.05) is 31.9 Å². The topological polar surface area (TPSA) is 64.2 Å². The van der Waals surface area contributed by atoms with Gasteiger partial charge in [-0.25, -0.2) is 0 Å². The molecule has 1 heterocycles. The Morgan fingerprint density at radius 2 is 2.38 bits per heavy atom. The van der Waals surface area contributed by atoms with Crippen LogP contribution in [0.1, 0.15) is 12.1 Å². The van der Waals surface area contributed by atoms with Gasteiger partial charge in [0.1, 0.15) is 6.54 Å². The second-order valence-corrected chi connectivity index (χ2v) is 4.19. The quantitative estimate of drug-likeness (QED) is 0.753. The van der Waals surface area contributed by atoms with Crippen molar-refractivity contribution in [1.82, 2.24) is 14.7 Å². The molecule has 0 atom stereocenters. The van der Waals surface area contributed by atoms with E-state index in [2.05, 4.69) is 5.10 Å². The van der Waals surface area contributed by atoms with E-state index in [9.17, 15) is 4.79 Å². The van der Waals surface area contributed by atoms with E-state index in [-0.39, 0.29) is 12.5 Å². The van der Waals surface area contributed by atoms with Crippen molar-refractivity contribution in [3.63, 3.8) is 0 Å². The lowest BCUT2D eigenvalue weighted by molar-refractivity contribution is -0.130. The molecule has 0 radical (unpaired) electrons. The third kappa shape index (κ3) is 3.62. The maximum atomic E-state index is 11.8. The number of carbonyl (C=O) groups excluding carboxylic acids is 1. The SMILES string of the molecule is Cc1ccnn1CC(=O)N(C)CCC(N)=S. The number of nitrogens with zero attached hydrogens (tertiary/aromatic N) is 3. The Morgan fingerprint density at radius 1 is 1.69 bits per heavy atom. The van der Waals surface area contributed by atoms with Crippen LogP contribution in [0, 0.1) is 6.92 Å². The summed E-state index contributed by atoms with van der Waals surface area (Å²) >= 11 is 4.76. The standard InChI is InChI=1S/C10H16N4OS/c1-8-3-5-12-14(8)7-10(15)13(2)6-4-9(11)16/h3,5H,4,6-7H2,1-2H3,(H2,11,16). The van der Waals surface area contributed by atoms with Crippen molar-refractivity contribution in [3.8, 4) is 0 Å². The maximum absolute atomic E-state index is 11.8. The first-order valence-electron chi connectivity index (χ1n) is 5.01. The van der Waals surface area contributed by atoms with E-state index in [0.717, 1.165) is 5.69 Å². The van der Waals surface area contributed by atoms with Crippen LogP contribution in [0.15, 0.2) is 12.3 Å². The zero-order valence-corrected chi connectivity index (χ0v) is 10.3. The van der Waals surface area contributed by atoms with Crippen LogP contribution in [-0.2, 0) is 11.3 Å². The average molecular weight is 240 g/mol. The highest BCUT2D eigenvalue weighted by atomic mass is 32.1. The van der Waals surface area contributed by atoms with Gasteiger partial charge in [0.25, 0.3) is 0 Å². The lowest BCUT2D eigenvalue weighted by Crippen LogP contribution is -2.33. The highest BCUT2D eigenvalue weighted by Crippen LogP contribution is 1.98. The van der Waals surface area contributed by atoms with Gasteiger partial charge < -0.3 is 10.6 Å². The fraction of sp³-hybridized carbons (Fsp3) is 0.500. The monoisotopic (exact) mass is 240 g/mol. The number of thiocarbonyl (C=S) groups is 1. The predicted molar refractivity (Wildman–Crippen MR) is 66.0 cm³/mol. The first-order valence-corrected chi connectivity index (χ1v) is 5.42. The van der Waals surface area contributed by atoms with E-state index in [0.29, 0.717) is 18.0 Å². The zero-order chi connectivity index (χ0) is 12.1. The number of amides is 1. The van der Waals surface area contributed by atoms with E-state index in [1.165, 1.54) is 0 Å². The Kier molecular flexibility index (Phi) is 4.42. The van der Waals surface area contributed by atoms with Gasteiger partial charge in [0.05, 0.1) is 4.99 Å². The first-order chi connectivity index (χ1) is 7.50. The minimum atomic E-state index is 0.00282. The molecule has 0 bridgehead atoms. The summed E-state index contributed by atoms with van der Waals surface area (Å²) < 4.78 is 1.67. The number of aromatic nitrogens is 2. The van der Waals surface area contributed by atoms with E-state index in [1.807, 2.05) is 13.0 Å². The fourth-order valence-electron chi connectivity index (χ4n) is 1.22. The summed E-state index contributed by atoms with van der Waals surface area (Å²) in [7, 11) is 1.74. The molecule has 1 aromatic rings. The average Bonchev–Trinajstić information content (AvgIpc) is 2.60. The molecule has 0 spiro atoms. The number of carbonyl (C=O) groups is 1. The normalized spacial score (nSPS) is 10.1. The van der Waals surface area contributed by atoms with Crippen LogP contribution in [0.4, 0.5) is 0 Å². The van der Waals surface area contributed by atoms with Crippen LogP contribution in [0.5, 0.6) is 0 Å². The molecule has 88 valence electrons. The van der Waals surface area contributed by atoms with Gasteiger partial charge in [-0.3, -0.25) is 9.48 Å². The Hall–Kier alpha value is -1.43. The van der Waals surface area contributed by atoms with Crippen LogP contribution in [-0.4, -0.2) is 39.2 Å². The largest absolute Gasteiger partial charge is 0.393 e. The van der Waals surface area contributed by atoms with Gasteiger partial charge in [-0.15, -0.1) is 0 Å². The molecule has 1 aromatic heterocycles. The highest BCUT2D eigenvalue weighted by molar-refractivity contribution is 7.80. The second kappa shape index (κ2) is 5.60. The summed E-state index contributed by atoms with van der Waals surface area (Å²) in [5.41, 5.74) is 6.35. The summed E-state index contributed by atoms with van der Waals surface area (Å²) in [6, 6.07) is 1.86. The molecule has 0 aliphatic heterocycles. The fourth-order valence-corrected chi connectivity index (χ4v) is 1.31. The van der Waals surface area contributed by atoms with Crippen LogP contribution in [0.2, 0.25) is 0 Å². The molecular formula is C10H16N4OS. The molecule has 5 nitrogen and oxygen atoms in total. The first kappa shape index (κ1) is 12.6. The number of nitrogens with two attached hydrogens (primary N) is 1. The summed E-state index contributed by atoms with van der Waals surface area (Å²) in [6.45, 7) is 2.72. The van der Waals surface area contributed by atoms with Crippen LogP contribution in [0.25, 0.3) is 0 Å². The van der Waals surface area contributed by atoms with Crippen molar-refractivity contribution in [2.45, 2.75) is 19.9 Å². The van der Waals surface area contributed by atoms with Crippen molar-refractivity contribution < 1.29 is 4.79 Å². The molecule has 0 fully saturated rings. The van der Waals surface area contributed by atoms with Gasteiger partial charge in [0.15, 0.2) is 0 Å². The van der Waals surface area contributed by atoms with Crippen molar-refractivity contribution in [1.29, 1.82) is 0 Å². The van der Waals surface area contributed by atoms with Crippen molar-refractivity contribution >= 4 is 23.1 Å². The predicted octanol–water partition coefficient (Wildman–Crippen LogP) is 0.326. The summed E-state index contributed by atoms with van der Waals surface area (Å²) in [5, 5.41) is 4.05. The van der Waals surface area contributed by atoms with E-state index in [4.69, 9.17) is 18.0 Å². The van der Waals surface area contributed by atoms with Gasteiger partial charge in [0.2, 0.25) is 5.91 Å². The molecule has 2 N–H and O–H groups in total. The van der Waals surface area contributed by atoms with Crippen LogP contribution >= 0.6 is 12.2 Å². The lowest BCUT2D eigenvalue weighted by Gasteiger charge is -2.17. The third-order valence-electron chi connectivity index (χ3n) is 2.33. The van der Waals surface area contributed by atoms with Gasteiger partial charge in [-0.1, -0.05) is 12.2 Å². The molecule has 1 rings (SSSR count). The van der Waals surface area contributed by atoms with Crippen molar-refractivity contribution in [2.24, 2.45) is 5.73 Å². The number of aryl methyl sites for hydroxylation is 1. The Labute approximate surface area is 100 Å². The van der Waals surface area contributed by atoms with Gasteiger partial charge in [-0.2, -0.15) is 5.10 Å².